The number of aromatic nitrogens is 1. The molecule has 0 saturated heterocycles. The zero-order valence-electron chi connectivity index (χ0n) is 10.7. The van der Waals surface area contributed by atoms with Crippen molar-refractivity contribution in [3.8, 4) is 0 Å². The fourth-order valence-electron chi connectivity index (χ4n) is 2.37. The van der Waals surface area contributed by atoms with Gasteiger partial charge in [-0.25, -0.2) is 4.98 Å². The first kappa shape index (κ1) is 11.5. The second kappa shape index (κ2) is 4.58. The summed E-state index contributed by atoms with van der Waals surface area (Å²) in [6.45, 7) is 4.32. The van der Waals surface area contributed by atoms with Crippen molar-refractivity contribution < 1.29 is 0 Å². The van der Waals surface area contributed by atoms with Crippen LogP contribution in [0.4, 0.5) is 5.13 Å². The van der Waals surface area contributed by atoms with Gasteiger partial charge in [-0.3, -0.25) is 0 Å². The van der Waals surface area contributed by atoms with E-state index in [2.05, 4.69) is 17.1 Å². The van der Waals surface area contributed by atoms with E-state index in [0.29, 0.717) is 0 Å². The average molecular weight is 251 g/mol. The van der Waals surface area contributed by atoms with Crippen LogP contribution in [0.25, 0.3) is 0 Å². The summed E-state index contributed by atoms with van der Waals surface area (Å²) in [6, 6.07) is 0.778. The number of nitrogens with one attached hydrogen (secondary N) is 1. The van der Waals surface area contributed by atoms with E-state index in [1.54, 1.807) is 0 Å². The van der Waals surface area contributed by atoms with Crippen LogP contribution in [0.5, 0.6) is 0 Å². The molecule has 0 radical (unpaired) electrons. The largest absolute Gasteiger partial charge is 0.345 e. The molecule has 2 aliphatic carbocycles. The van der Waals surface area contributed by atoms with Crippen molar-refractivity contribution in [3.05, 3.63) is 10.6 Å². The van der Waals surface area contributed by atoms with Crippen molar-refractivity contribution >= 4 is 16.5 Å². The van der Waals surface area contributed by atoms with Gasteiger partial charge in [-0.1, -0.05) is 0 Å². The Morgan fingerprint density at radius 3 is 2.65 bits per heavy atom. The minimum Gasteiger partial charge on any atom is -0.345 e. The molecule has 1 N–H and O–H groups in total. The van der Waals surface area contributed by atoms with E-state index in [9.17, 15) is 0 Å². The van der Waals surface area contributed by atoms with Crippen LogP contribution >= 0.6 is 11.3 Å². The third-order valence-electron chi connectivity index (χ3n) is 3.59. The van der Waals surface area contributed by atoms with E-state index in [1.165, 1.54) is 41.4 Å². The average Bonchev–Trinajstić information content (AvgIpc) is 3.21. The molecule has 0 unspecified atom stereocenters. The molecule has 4 heteroatoms. The molecule has 2 fully saturated rings. The highest BCUT2D eigenvalue weighted by Crippen LogP contribution is 2.45. The van der Waals surface area contributed by atoms with Gasteiger partial charge in [0.05, 0.1) is 5.69 Å². The third kappa shape index (κ3) is 2.33. The number of nitrogens with zero attached hydrogens (tertiary/aromatic N) is 2. The van der Waals surface area contributed by atoms with Crippen LogP contribution in [-0.2, 0) is 6.54 Å². The molecular weight excluding hydrogens is 230 g/mol. The molecule has 3 rings (SSSR count). The second-order valence-corrected chi connectivity index (χ2v) is 6.19. The van der Waals surface area contributed by atoms with E-state index in [1.807, 2.05) is 18.4 Å². The molecule has 0 bridgehead atoms. The predicted molar refractivity (Wildman–Crippen MR) is 72.9 cm³/mol. The van der Waals surface area contributed by atoms with E-state index < -0.39 is 0 Å². The molecule has 1 aromatic heterocycles. The summed E-state index contributed by atoms with van der Waals surface area (Å²) < 4.78 is 0. The van der Waals surface area contributed by atoms with Crippen molar-refractivity contribution in [2.45, 2.75) is 51.1 Å². The maximum absolute atomic E-state index is 4.93. The van der Waals surface area contributed by atoms with Gasteiger partial charge in [0, 0.05) is 29.9 Å². The number of rotatable bonds is 6. The Labute approximate surface area is 107 Å². The van der Waals surface area contributed by atoms with Gasteiger partial charge < -0.3 is 10.2 Å². The first-order valence-corrected chi connectivity index (χ1v) is 7.56. The molecule has 0 atom stereocenters. The van der Waals surface area contributed by atoms with Gasteiger partial charge in [-0.05, 0) is 39.7 Å². The number of thiazole rings is 1. The highest BCUT2D eigenvalue weighted by atomic mass is 32.1. The number of hydrogen-bond acceptors (Lipinski definition) is 4. The van der Waals surface area contributed by atoms with E-state index in [0.717, 1.165) is 25.0 Å². The standard InChI is InChI=1S/C13H21N3S/c1-3-16(10-6-7-10)13-15-12(9-4-5-9)11(17-13)8-14-2/h9-10,14H,3-8H2,1-2H3. The zero-order valence-corrected chi connectivity index (χ0v) is 11.5. The minimum atomic E-state index is 0.765. The lowest BCUT2D eigenvalue weighted by Gasteiger charge is -2.18. The third-order valence-corrected chi connectivity index (χ3v) is 4.70. The van der Waals surface area contributed by atoms with Gasteiger partial charge in [0.15, 0.2) is 5.13 Å². The van der Waals surface area contributed by atoms with E-state index >= 15 is 0 Å². The second-order valence-electron chi connectivity index (χ2n) is 5.13. The number of hydrogen-bond donors (Lipinski definition) is 1. The molecule has 3 nitrogen and oxygen atoms in total. The quantitative estimate of drug-likeness (QED) is 0.842. The molecule has 0 amide bonds. The topological polar surface area (TPSA) is 28.2 Å². The monoisotopic (exact) mass is 251 g/mol. The maximum atomic E-state index is 4.93. The highest BCUT2D eigenvalue weighted by molar-refractivity contribution is 7.15. The van der Waals surface area contributed by atoms with Gasteiger partial charge >= 0.3 is 0 Å². The van der Waals surface area contributed by atoms with Crippen LogP contribution in [0, 0.1) is 0 Å². The van der Waals surface area contributed by atoms with Gasteiger partial charge in [0.1, 0.15) is 0 Å². The Bertz CT molecular complexity index is 393. The zero-order chi connectivity index (χ0) is 11.8. The van der Waals surface area contributed by atoms with Crippen molar-refractivity contribution in [2.24, 2.45) is 0 Å². The highest BCUT2D eigenvalue weighted by Gasteiger charge is 2.33. The van der Waals surface area contributed by atoms with E-state index in [4.69, 9.17) is 4.98 Å². The van der Waals surface area contributed by atoms with E-state index in [-0.39, 0.29) is 0 Å². The molecule has 1 heterocycles. The first-order chi connectivity index (χ1) is 8.33. The Balaban J connectivity index is 1.85. The van der Waals surface area contributed by atoms with Gasteiger partial charge in [-0.15, -0.1) is 11.3 Å². The van der Waals surface area contributed by atoms with Crippen LogP contribution < -0.4 is 10.2 Å². The smallest absolute Gasteiger partial charge is 0.186 e. The lowest BCUT2D eigenvalue weighted by atomic mass is 10.2. The molecule has 2 aliphatic rings. The Morgan fingerprint density at radius 2 is 2.12 bits per heavy atom. The summed E-state index contributed by atoms with van der Waals surface area (Å²) in [7, 11) is 2.02. The lowest BCUT2D eigenvalue weighted by molar-refractivity contribution is 0.802. The molecule has 17 heavy (non-hydrogen) atoms. The van der Waals surface area contributed by atoms with Crippen LogP contribution in [0.3, 0.4) is 0 Å². The van der Waals surface area contributed by atoms with Gasteiger partial charge in [0.2, 0.25) is 0 Å². The number of anilines is 1. The van der Waals surface area contributed by atoms with Crippen LogP contribution in [0.15, 0.2) is 0 Å². The molecule has 0 aromatic carbocycles. The van der Waals surface area contributed by atoms with Crippen molar-refractivity contribution in [3.63, 3.8) is 0 Å². The van der Waals surface area contributed by atoms with Gasteiger partial charge in [-0.2, -0.15) is 0 Å². The SMILES string of the molecule is CCN(c1nc(C2CC2)c(CNC)s1)C1CC1. The molecule has 0 aliphatic heterocycles. The van der Waals surface area contributed by atoms with Crippen molar-refractivity contribution in [1.29, 1.82) is 0 Å². The molecular formula is C13H21N3S. The normalized spacial score (nSPS) is 19.6. The summed E-state index contributed by atoms with van der Waals surface area (Å²) in [5.74, 6) is 0.765. The summed E-state index contributed by atoms with van der Waals surface area (Å²) in [5.41, 5.74) is 1.39. The molecule has 94 valence electrons. The summed E-state index contributed by atoms with van der Waals surface area (Å²) in [5, 5.41) is 4.54. The molecule has 1 aromatic rings. The molecule has 0 spiro atoms. The fourth-order valence-corrected chi connectivity index (χ4v) is 3.67. The van der Waals surface area contributed by atoms with Crippen molar-refractivity contribution in [1.82, 2.24) is 10.3 Å². The Kier molecular flexibility index (Phi) is 3.09. The molecule has 2 saturated carbocycles. The lowest BCUT2D eigenvalue weighted by Crippen LogP contribution is -2.24. The summed E-state index contributed by atoms with van der Waals surface area (Å²) in [6.07, 6.45) is 5.39. The Hall–Kier alpha value is -0.610. The first-order valence-electron chi connectivity index (χ1n) is 6.74. The Morgan fingerprint density at radius 1 is 1.35 bits per heavy atom. The summed E-state index contributed by atoms with van der Waals surface area (Å²) in [4.78, 5) is 8.89. The van der Waals surface area contributed by atoms with Crippen LogP contribution in [-0.4, -0.2) is 24.6 Å². The van der Waals surface area contributed by atoms with Crippen molar-refractivity contribution in [2.75, 3.05) is 18.5 Å². The maximum Gasteiger partial charge on any atom is 0.186 e. The minimum absolute atomic E-state index is 0.765. The van der Waals surface area contributed by atoms with Crippen LogP contribution in [0.1, 0.15) is 49.1 Å². The fraction of sp³-hybridized carbons (Fsp3) is 0.769. The van der Waals surface area contributed by atoms with Gasteiger partial charge in [0.25, 0.3) is 0 Å². The predicted octanol–water partition coefficient (Wildman–Crippen LogP) is 2.73. The summed E-state index contributed by atoms with van der Waals surface area (Å²) >= 11 is 1.91. The van der Waals surface area contributed by atoms with Crippen LogP contribution in [0.2, 0.25) is 0 Å².